The maximum atomic E-state index is 11.9. The van der Waals surface area contributed by atoms with Gasteiger partial charge in [-0.1, -0.05) is 24.7 Å². The number of benzene rings is 1. The van der Waals surface area contributed by atoms with Gasteiger partial charge in [0, 0.05) is 17.0 Å². The second-order valence-corrected chi connectivity index (χ2v) is 9.94. The second kappa shape index (κ2) is 5.46. The van der Waals surface area contributed by atoms with Crippen molar-refractivity contribution in [2.45, 2.75) is 25.6 Å². The van der Waals surface area contributed by atoms with E-state index in [1.165, 1.54) is 0 Å². The summed E-state index contributed by atoms with van der Waals surface area (Å²) in [5.74, 6) is 0.194. The van der Waals surface area contributed by atoms with Crippen molar-refractivity contribution in [3.63, 3.8) is 0 Å². The lowest BCUT2D eigenvalue weighted by atomic mass is 10.1. The maximum absolute atomic E-state index is 11.9. The molecular weight excluding hydrogens is 236 g/mol. The molecule has 0 atom stereocenters. The van der Waals surface area contributed by atoms with E-state index in [0.29, 0.717) is 11.4 Å². The maximum Gasteiger partial charge on any atom is 0.162 e. The molecule has 86 valence electrons. The monoisotopic (exact) mass is 252 g/mol. The normalized spacial score (nSPS) is 11.2. The molecule has 0 N–H and O–H groups in total. The first-order valence-electron chi connectivity index (χ1n) is 5.37. The van der Waals surface area contributed by atoms with Gasteiger partial charge in [-0.25, -0.2) is 0 Å². The first-order chi connectivity index (χ1) is 7.44. The molecule has 1 nitrogen and oxygen atoms in total. The SMILES string of the molecule is C=C[Si](C)(C)CCC(=O)c1ccc(Cl)cc1. The molecule has 1 aromatic rings. The average molecular weight is 253 g/mol. The van der Waals surface area contributed by atoms with Gasteiger partial charge in [-0.2, -0.15) is 0 Å². The van der Waals surface area contributed by atoms with Gasteiger partial charge >= 0.3 is 0 Å². The molecule has 0 heterocycles. The van der Waals surface area contributed by atoms with E-state index in [1.807, 2.05) is 5.70 Å². The summed E-state index contributed by atoms with van der Waals surface area (Å²) in [6, 6.07) is 8.04. The fourth-order valence-electron chi connectivity index (χ4n) is 1.32. The van der Waals surface area contributed by atoms with Gasteiger partial charge in [0.2, 0.25) is 0 Å². The Kier molecular flexibility index (Phi) is 4.51. The summed E-state index contributed by atoms with van der Waals surface area (Å²) in [4.78, 5) is 11.9. The third kappa shape index (κ3) is 3.95. The predicted octanol–water partition coefficient (Wildman–Crippen LogP) is 4.35. The van der Waals surface area contributed by atoms with E-state index in [2.05, 4.69) is 19.7 Å². The Morgan fingerprint density at radius 2 is 1.94 bits per heavy atom. The highest BCUT2D eigenvalue weighted by atomic mass is 35.5. The number of hydrogen-bond acceptors (Lipinski definition) is 1. The van der Waals surface area contributed by atoms with Crippen LogP contribution in [-0.4, -0.2) is 13.9 Å². The van der Waals surface area contributed by atoms with Crippen LogP contribution in [0, 0.1) is 0 Å². The Bertz CT molecular complexity index is 381. The van der Waals surface area contributed by atoms with Crippen molar-refractivity contribution in [2.75, 3.05) is 0 Å². The fourth-order valence-corrected chi connectivity index (χ4v) is 2.52. The molecule has 0 aromatic heterocycles. The molecule has 0 saturated heterocycles. The molecule has 0 aliphatic heterocycles. The third-order valence-electron chi connectivity index (χ3n) is 2.72. The van der Waals surface area contributed by atoms with Crippen LogP contribution in [0.4, 0.5) is 0 Å². The number of hydrogen-bond donors (Lipinski definition) is 0. The van der Waals surface area contributed by atoms with Crippen molar-refractivity contribution in [3.05, 3.63) is 47.1 Å². The lowest BCUT2D eigenvalue weighted by Crippen LogP contribution is -2.22. The molecule has 0 bridgehead atoms. The largest absolute Gasteiger partial charge is 0.294 e. The lowest BCUT2D eigenvalue weighted by molar-refractivity contribution is 0.0988. The molecule has 0 unspecified atom stereocenters. The highest BCUT2D eigenvalue weighted by molar-refractivity contribution is 6.82. The van der Waals surface area contributed by atoms with Crippen molar-refractivity contribution in [2.24, 2.45) is 0 Å². The van der Waals surface area contributed by atoms with Gasteiger partial charge in [-0.3, -0.25) is 4.79 Å². The first kappa shape index (κ1) is 13.2. The average Bonchev–Trinajstić information content (AvgIpc) is 2.27. The predicted molar refractivity (Wildman–Crippen MR) is 72.9 cm³/mol. The molecule has 3 heteroatoms. The van der Waals surface area contributed by atoms with E-state index in [4.69, 9.17) is 11.6 Å². The van der Waals surface area contributed by atoms with Gasteiger partial charge in [0.1, 0.15) is 0 Å². The number of carbonyl (C=O) groups is 1. The Labute approximate surface area is 103 Å². The van der Waals surface area contributed by atoms with Gasteiger partial charge in [0.05, 0.1) is 8.07 Å². The quantitative estimate of drug-likeness (QED) is 0.563. The summed E-state index contributed by atoms with van der Waals surface area (Å²) >= 11 is 5.77. The van der Waals surface area contributed by atoms with E-state index in [0.717, 1.165) is 11.6 Å². The fraction of sp³-hybridized carbons (Fsp3) is 0.308. The minimum atomic E-state index is -1.37. The van der Waals surface area contributed by atoms with Crippen LogP contribution in [-0.2, 0) is 0 Å². The molecule has 0 fully saturated rings. The molecule has 0 aliphatic rings. The smallest absolute Gasteiger partial charge is 0.162 e. The topological polar surface area (TPSA) is 17.1 Å². The van der Waals surface area contributed by atoms with Gasteiger partial charge in [0.15, 0.2) is 5.78 Å². The molecular formula is C13H17ClOSi. The lowest BCUT2D eigenvalue weighted by Gasteiger charge is -2.15. The summed E-state index contributed by atoms with van der Waals surface area (Å²) < 4.78 is 0. The van der Waals surface area contributed by atoms with Gasteiger partial charge in [-0.05, 0) is 30.3 Å². The van der Waals surface area contributed by atoms with Crippen molar-refractivity contribution in [1.82, 2.24) is 0 Å². The Morgan fingerprint density at radius 3 is 2.44 bits per heavy atom. The van der Waals surface area contributed by atoms with Crippen LogP contribution in [0.5, 0.6) is 0 Å². The van der Waals surface area contributed by atoms with Gasteiger partial charge in [0.25, 0.3) is 0 Å². The molecule has 0 aliphatic carbocycles. The van der Waals surface area contributed by atoms with Gasteiger partial charge in [-0.15, -0.1) is 12.3 Å². The standard InChI is InChI=1S/C13H17ClOSi/c1-4-16(2,3)10-9-13(15)11-5-7-12(14)8-6-11/h4-8H,1,9-10H2,2-3H3. The van der Waals surface area contributed by atoms with E-state index < -0.39 is 8.07 Å². The van der Waals surface area contributed by atoms with Crippen molar-refractivity contribution >= 4 is 25.5 Å². The molecule has 0 spiro atoms. The molecule has 16 heavy (non-hydrogen) atoms. The Morgan fingerprint density at radius 1 is 1.38 bits per heavy atom. The van der Waals surface area contributed by atoms with Crippen LogP contribution in [0.2, 0.25) is 24.2 Å². The zero-order chi connectivity index (χ0) is 12.2. The summed E-state index contributed by atoms with van der Waals surface area (Å²) in [5, 5.41) is 0.664. The van der Waals surface area contributed by atoms with Crippen LogP contribution >= 0.6 is 11.6 Å². The molecule has 0 saturated carbocycles. The minimum Gasteiger partial charge on any atom is -0.294 e. The summed E-state index contributed by atoms with van der Waals surface area (Å²) in [6.07, 6.45) is 0.604. The van der Waals surface area contributed by atoms with Crippen LogP contribution in [0.3, 0.4) is 0 Å². The van der Waals surface area contributed by atoms with E-state index >= 15 is 0 Å². The van der Waals surface area contributed by atoms with E-state index in [-0.39, 0.29) is 5.78 Å². The zero-order valence-electron chi connectivity index (χ0n) is 9.79. The molecule has 1 rings (SSSR count). The van der Waals surface area contributed by atoms with E-state index in [1.54, 1.807) is 24.3 Å². The molecule has 0 radical (unpaired) electrons. The second-order valence-electron chi connectivity index (χ2n) is 4.62. The summed E-state index contributed by atoms with van der Waals surface area (Å²) in [5.41, 5.74) is 2.78. The Balaban J connectivity index is 2.60. The van der Waals surface area contributed by atoms with Crippen molar-refractivity contribution < 1.29 is 4.79 Å². The summed E-state index contributed by atoms with van der Waals surface area (Å²) in [7, 11) is -1.37. The van der Waals surface area contributed by atoms with Gasteiger partial charge < -0.3 is 0 Å². The van der Waals surface area contributed by atoms with E-state index in [9.17, 15) is 4.79 Å². The number of halogens is 1. The number of carbonyl (C=O) groups excluding carboxylic acids is 1. The third-order valence-corrected chi connectivity index (χ3v) is 5.61. The van der Waals surface area contributed by atoms with Crippen LogP contribution < -0.4 is 0 Å². The minimum absolute atomic E-state index is 0.194. The Hall–Kier alpha value is -0.863. The summed E-state index contributed by atoms with van der Waals surface area (Å²) in [6.45, 7) is 8.26. The van der Waals surface area contributed by atoms with Crippen LogP contribution in [0.15, 0.2) is 36.5 Å². The number of rotatable bonds is 5. The molecule has 1 aromatic carbocycles. The highest BCUT2D eigenvalue weighted by Crippen LogP contribution is 2.17. The van der Waals surface area contributed by atoms with Crippen LogP contribution in [0.25, 0.3) is 0 Å². The van der Waals surface area contributed by atoms with Crippen molar-refractivity contribution in [1.29, 1.82) is 0 Å². The number of Topliss-reactive ketones (excluding diaryl/α,β-unsaturated/α-hetero) is 1. The van der Waals surface area contributed by atoms with Crippen LogP contribution in [0.1, 0.15) is 16.8 Å². The zero-order valence-corrected chi connectivity index (χ0v) is 11.6. The molecule has 0 amide bonds. The highest BCUT2D eigenvalue weighted by Gasteiger charge is 2.17. The van der Waals surface area contributed by atoms with Crippen molar-refractivity contribution in [3.8, 4) is 0 Å². The first-order valence-corrected chi connectivity index (χ1v) is 9.03. The number of ketones is 1.